The van der Waals surface area contributed by atoms with Crippen molar-refractivity contribution in [2.24, 2.45) is 5.92 Å². The van der Waals surface area contributed by atoms with Gasteiger partial charge >= 0.3 is 0 Å². The molecular weight excluding hydrogens is 328 g/mol. The van der Waals surface area contributed by atoms with Gasteiger partial charge in [0.15, 0.2) is 0 Å². The Labute approximate surface area is 154 Å². The lowest BCUT2D eigenvalue weighted by Crippen LogP contribution is -2.42. The highest BCUT2D eigenvalue weighted by Crippen LogP contribution is 2.29. The zero-order valence-corrected chi connectivity index (χ0v) is 15.1. The fourth-order valence-electron chi connectivity index (χ4n) is 4.08. The number of aromatic nitrogens is 3. The maximum atomic E-state index is 12.8. The maximum absolute atomic E-state index is 12.8. The Morgan fingerprint density at radius 2 is 2.15 bits per heavy atom. The van der Waals surface area contributed by atoms with Gasteiger partial charge in [0, 0.05) is 25.4 Å². The number of imidazole rings is 1. The number of hydrogen-bond donors (Lipinski definition) is 0. The Morgan fingerprint density at radius 3 is 2.96 bits per heavy atom. The lowest BCUT2D eigenvalue weighted by molar-refractivity contribution is -0.134. The summed E-state index contributed by atoms with van der Waals surface area (Å²) >= 11 is 0. The maximum Gasteiger partial charge on any atom is 0.223 e. The number of nitrogens with zero attached hydrogens (tertiary/aromatic N) is 4. The van der Waals surface area contributed by atoms with Crippen LogP contribution in [0.2, 0.25) is 0 Å². The van der Waals surface area contributed by atoms with Crippen molar-refractivity contribution in [3.63, 3.8) is 0 Å². The third kappa shape index (κ3) is 3.96. The molecule has 1 aliphatic carbocycles. The summed E-state index contributed by atoms with van der Waals surface area (Å²) in [5.74, 6) is 0.854. The van der Waals surface area contributed by atoms with Crippen molar-refractivity contribution in [1.82, 2.24) is 19.4 Å². The zero-order chi connectivity index (χ0) is 17.8. The normalized spacial score (nSPS) is 20.3. The van der Waals surface area contributed by atoms with Gasteiger partial charge in [-0.25, -0.2) is 4.98 Å². The van der Waals surface area contributed by atoms with E-state index in [9.17, 15) is 4.79 Å². The Kier molecular flexibility index (Phi) is 5.29. The van der Waals surface area contributed by atoms with Crippen molar-refractivity contribution < 1.29 is 9.53 Å². The van der Waals surface area contributed by atoms with Gasteiger partial charge in [0.05, 0.1) is 43.5 Å². The molecule has 0 spiro atoms. The molecule has 6 nitrogen and oxygen atoms in total. The summed E-state index contributed by atoms with van der Waals surface area (Å²) in [6.45, 7) is 2.38. The Hall–Kier alpha value is -2.21. The van der Waals surface area contributed by atoms with Crippen LogP contribution in [-0.4, -0.2) is 38.5 Å². The molecule has 0 saturated heterocycles. The van der Waals surface area contributed by atoms with E-state index < -0.39 is 0 Å². The summed E-state index contributed by atoms with van der Waals surface area (Å²) < 4.78 is 8.05. The van der Waals surface area contributed by atoms with E-state index in [0.717, 1.165) is 11.4 Å². The third-order valence-corrected chi connectivity index (χ3v) is 5.50. The van der Waals surface area contributed by atoms with Gasteiger partial charge in [-0.2, -0.15) is 0 Å². The highest BCUT2D eigenvalue weighted by molar-refractivity contribution is 5.76. The summed E-state index contributed by atoms with van der Waals surface area (Å²) in [4.78, 5) is 23.3. The molecule has 26 heavy (non-hydrogen) atoms. The van der Waals surface area contributed by atoms with Gasteiger partial charge in [0.25, 0.3) is 0 Å². The van der Waals surface area contributed by atoms with Crippen LogP contribution in [0.4, 0.5) is 0 Å². The average Bonchev–Trinajstić information content (AvgIpc) is 3.34. The number of carbonyl (C=O) groups excluding carboxylic acids is 1. The molecule has 4 rings (SSSR count). The summed E-state index contributed by atoms with van der Waals surface area (Å²) in [6, 6.07) is 5.93. The first-order valence-corrected chi connectivity index (χ1v) is 9.55. The Balaban J connectivity index is 1.37. The molecule has 0 aromatic carbocycles. The quantitative estimate of drug-likeness (QED) is 0.800. The molecule has 3 heterocycles. The van der Waals surface area contributed by atoms with E-state index in [2.05, 4.69) is 14.5 Å². The SMILES string of the molecule is O=C(CC1CCCC1)N1Cc2cncn2[C@H](COCc2ccccn2)C1. The van der Waals surface area contributed by atoms with Gasteiger partial charge < -0.3 is 14.2 Å². The Morgan fingerprint density at radius 1 is 1.27 bits per heavy atom. The van der Waals surface area contributed by atoms with E-state index in [4.69, 9.17) is 4.74 Å². The zero-order valence-electron chi connectivity index (χ0n) is 15.1. The molecule has 6 heteroatoms. The standard InChI is InChI=1S/C20H26N4O2/c25-20(9-16-5-1-2-6-16)23-11-18-10-21-15-24(18)19(12-23)14-26-13-17-7-3-4-8-22-17/h3-4,7-8,10,15-16,19H,1-2,5-6,9,11-14H2/t19-/m0/s1. The molecule has 1 atom stereocenters. The van der Waals surface area contributed by atoms with E-state index in [1.165, 1.54) is 25.7 Å². The van der Waals surface area contributed by atoms with Crippen LogP contribution in [0.5, 0.6) is 0 Å². The molecule has 1 saturated carbocycles. The van der Waals surface area contributed by atoms with E-state index >= 15 is 0 Å². The van der Waals surface area contributed by atoms with Crippen LogP contribution in [0.25, 0.3) is 0 Å². The number of pyridine rings is 1. The predicted molar refractivity (Wildman–Crippen MR) is 97.1 cm³/mol. The highest BCUT2D eigenvalue weighted by Gasteiger charge is 2.29. The van der Waals surface area contributed by atoms with Crippen LogP contribution >= 0.6 is 0 Å². The van der Waals surface area contributed by atoms with Gasteiger partial charge in [-0.05, 0) is 30.9 Å². The fraction of sp³-hybridized carbons (Fsp3) is 0.550. The van der Waals surface area contributed by atoms with E-state index in [1.807, 2.05) is 35.6 Å². The van der Waals surface area contributed by atoms with Crippen LogP contribution in [-0.2, 0) is 22.7 Å². The molecule has 0 N–H and O–H groups in total. The van der Waals surface area contributed by atoms with E-state index in [1.54, 1.807) is 6.20 Å². The first-order chi connectivity index (χ1) is 12.8. The molecule has 2 aliphatic rings. The molecule has 1 aliphatic heterocycles. The second kappa shape index (κ2) is 7.99. The fourth-order valence-corrected chi connectivity index (χ4v) is 4.08. The number of carbonyl (C=O) groups is 1. The van der Waals surface area contributed by atoms with Gasteiger partial charge in [0.1, 0.15) is 0 Å². The average molecular weight is 354 g/mol. The first kappa shape index (κ1) is 17.2. The van der Waals surface area contributed by atoms with Crippen molar-refractivity contribution in [1.29, 1.82) is 0 Å². The van der Waals surface area contributed by atoms with Gasteiger partial charge in [-0.1, -0.05) is 18.9 Å². The van der Waals surface area contributed by atoms with Crippen LogP contribution in [0.3, 0.4) is 0 Å². The Bertz CT molecular complexity index is 724. The van der Waals surface area contributed by atoms with Crippen molar-refractivity contribution in [3.8, 4) is 0 Å². The van der Waals surface area contributed by atoms with E-state index in [-0.39, 0.29) is 11.9 Å². The van der Waals surface area contributed by atoms with Crippen molar-refractivity contribution >= 4 is 5.91 Å². The van der Waals surface area contributed by atoms with Crippen LogP contribution in [0.15, 0.2) is 36.9 Å². The van der Waals surface area contributed by atoms with Crippen LogP contribution < -0.4 is 0 Å². The minimum atomic E-state index is 0.109. The van der Waals surface area contributed by atoms with Crippen LogP contribution in [0.1, 0.15) is 49.5 Å². The number of amides is 1. The molecule has 0 bridgehead atoms. The summed E-state index contributed by atoms with van der Waals surface area (Å²) in [5.41, 5.74) is 2.01. The molecule has 1 fully saturated rings. The summed E-state index contributed by atoms with van der Waals surface area (Å²) in [5, 5.41) is 0. The van der Waals surface area contributed by atoms with Gasteiger partial charge in [-0.3, -0.25) is 9.78 Å². The molecule has 1 amide bonds. The highest BCUT2D eigenvalue weighted by atomic mass is 16.5. The molecular formula is C20H26N4O2. The minimum Gasteiger partial charge on any atom is -0.373 e. The second-order valence-electron chi connectivity index (χ2n) is 7.41. The largest absolute Gasteiger partial charge is 0.373 e. The lowest BCUT2D eigenvalue weighted by atomic mass is 10.0. The summed E-state index contributed by atoms with van der Waals surface area (Å²) in [6.07, 6.45) is 11.1. The second-order valence-corrected chi connectivity index (χ2v) is 7.41. The van der Waals surface area contributed by atoms with Crippen LogP contribution in [0, 0.1) is 5.92 Å². The van der Waals surface area contributed by atoms with Gasteiger partial charge in [0.2, 0.25) is 5.91 Å². The van der Waals surface area contributed by atoms with Crippen molar-refractivity contribution in [3.05, 3.63) is 48.3 Å². The van der Waals surface area contributed by atoms with Crippen molar-refractivity contribution in [2.45, 2.75) is 51.3 Å². The molecule has 138 valence electrons. The third-order valence-electron chi connectivity index (χ3n) is 5.50. The number of hydrogen-bond acceptors (Lipinski definition) is 4. The monoisotopic (exact) mass is 354 g/mol. The minimum absolute atomic E-state index is 0.109. The molecule has 0 radical (unpaired) electrons. The van der Waals surface area contributed by atoms with Gasteiger partial charge in [-0.15, -0.1) is 0 Å². The number of rotatable bonds is 6. The number of ether oxygens (including phenoxy) is 1. The molecule has 2 aromatic heterocycles. The predicted octanol–water partition coefficient (Wildman–Crippen LogP) is 2.96. The van der Waals surface area contributed by atoms with E-state index in [0.29, 0.717) is 38.6 Å². The van der Waals surface area contributed by atoms with Crippen molar-refractivity contribution in [2.75, 3.05) is 13.2 Å². The molecule has 2 aromatic rings. The summed E-state index contributed by atoms with van der Waals surface area (Å²) in [7, 11) is 0. The molecule has 0 unspecified atom stereocenters. The topological polar surface area (TPSA) is 60.2 Å². The lowest BCUT2D eigenvalue weighted by Gasteiger charge is -2.35. The smallest absolute Gasteiger partial charge is 0.223 e. The number of fused-ring (bicyclic) bond motifs is 1. The first-order valence-electron chi connectivity index (χ1n) is 9.55.